The Labute approximate surface area is 113 Å². The zero-order valence-corrected chi connectivity index (χ0v) is 12.3. The second-order valence-corrected chi connectivity index (χ2v) is 6.20. The number of rotatable bonds is 5. The van der Waals surface area contributed by atoms with Crippen molar-refractivity contribution in [3.05, 3.63) is 34.3 Å². The molecule has 1 aromatic rings. The van der Waals surface area contributed by atoms with Crippen LogP contribution < -0.4 is 5.32 Å². The van der Waals surface area contributed by atoms with E-state index < -0.39 is 0 Å². The van der Waals surface area contributed by atoms with Gasteiger partial charge in [-0.3, -0.25) is 0 Å². The molecule has 1 N–H and O–H groups in total. The highest BCUT2D eigenvalue weighted by molar-refractivity contribution is 9.10. The Morgan fingerprint density at radius 1 is 1.29 bits per heavy atom. The van der Waals surface area contributed by atoms with E-state index in [1.54, 1.807) is 0 Å². The number of benzene rings is 1. The fourth-order valence-corrected chi connectivity index (χ4v) is 3.27. The summed E-state index contributed by atoms with van der Waals surface area (Å²) in [5, 5.41) is 3.71. The first-order chi connectivity index (χ1) is 8.16. The van der Waals surface area contributed by atoms with E-state index in [0.29, 0.717) is 12.1 Å². The van der Waals surface area contributed by atoms with Crippen LogP contribution >= 0.6 is 15.9 Å². The van der Waals surface area contributed by atoms with Crippen LogP contribution in [0, 0.1) is 5.92 Å². The molecule has 1 aromatic carbocycles. The third-order valence-electron chi connectivity index (χ3n) is 3.82. The second-order valence-electron chi connectivity index (χ2n) is 5.34. The molecule has 0 amide bonds. The summed E-state index contributed by atoms with van der Waals surface area (Å²) in [4.78, 5) is 0. The molecule has 0 aromatic heterocycles. The van der Waals surface area contributed by atoms with E-state index in [1.165, 1.54) is 35.7 Å². The van der Waals surface area contributed by atoms with Crippen LogP contribution in [0.1, 0.15) is 51.1 Å². The molecule has 2 heteroatoms. The Kier molecular flexibility index (Phi) is 4.63. The third-order valence-corrected chi connectivity index (χ3v) is 4.54. The van der Waals surface area contributed by atoms with Gasteiger partial charge in [0.25, 0.3) is 0 Å². The van der Waals surface area contributed by atoms with Gasteiger partial charge in [0.15, 0.2) is 0 Å². The first-order valence-electron chi connectivity index (χ1n) is 6.67. The lowest BCUT2D eigenvalue weighted by atomic mass is 9.81. The molecule has 0 saturated heterocycles. The minimum absolute atomic E-state index is 0.417. The number of hydrogen-bond acceptors (Lipinski definition) is 1. The maximum Gasteiger partial charge on any atom is 0.0305 e. The van der Waals surface area contributed by atoms with Gasteiger partial charge in [0.05, 0.1) is 0 Å². The average molecular weight is 296 g/mol. The summed E-state index contributed by atoms with van der Waals surface area (Å²) in [5.74, 6) is 0.976. The highest BCUT2D eigenvalue weighted by Crippen LogP contribution is 2.31. The molecule has 2 rings (SSSR count). The Bertz CT molecular complexity index is 360. The first-order valence-corrected chi connectivity index (χ1v) is 7.46. The summed E-state index contributed by atoms with van der Waals surface area (Å²) in [6.07, 6.45) is 5.65. The van der Waals surface area contributed by atoms with E-state index in [-0.39, 0.29) is 0 Å². The molecule has 0 radical (unpaired) electrons. The van der Waals surface area contributed by atoms with Gasteiger partial charge in [-0.05, 0) is 37.8 Å². The average Bonchev–Trinajstić information content (AvgIpc) is 2.24. The van der Waals surface area contributed by atoms with E-state index in [4.69, 9.17) is 0 Å². The Hall–Kier alpha value is -0.340. The molecule has 1 aliphatic carbocycles. The summed E-state index contributed by atoms with van der Waals surface area (Å²) in [6, 6.07) is 9.51. The van der Waals surface area contributed by atoms with Crippen LogP contribution in [0.3, 0.4) is 0 Å². The lowest BCUT2D eigenvalue weighted by Gasteiger charge is -2.30. The van der Waals surface area contributed by atoms with Crippen LogP contribution in [-0.4, -0.2) is 6.04 Å². The van der Waals surface area contributed by atoms with Crippen LogP contribution in [0.5, 0.6) is 0 Å². The van der Waals surface area contributed by atoms with Gasteiger partial charge in [0.2, 0.25) is 0 Å². The smallest absolute Gasteiger partial charge is 0.0305 e. The minimum Gasteiger partial charge on any atom is -0.308 e. The predicted octanol–water partition coefficient (Wildman–Crippen LogP) is 4.68. The fourth-order valence-electron chi connectivity index (χ4n) is 2.64. The van der Waals surface area contributed by atoms with Gasteiger partial charge in [-0.15, -0.1) is 0 Å². The molecule has 1 unspecified atom stereocenters. The molecule has 0 spiro atoms. The van der Waals surface area contributed by atoms with Crippen LogP contribution in [0.4, 0.5) is 0 Å². The zero-order valence-electron chi connectivity index (χ0n) is 10.7. The van der Waals surface area contributed by atoms with E-state index in [2.05, 4.69) is 59.4 Å². The molecule has 1 fully saturated rings. The van der Waals surface area contributed by atoms with Crippen molar-refractivity contribution in [3.8, 4) is 0 Å². The van der Waals surface area contributed by atoms with Crippen molar-refractivity contribution in [2.24, 2.45) is 5.92 Å². The summed E-state index contributed by atoms with van der Waals surface area (Å²) in [5.41, 5.74) is 1.35. The van der Waals surface area contributed by atoms with E-state index in [9.17, 15) is 0 Å². The highest BCUT2D eigenvalue weighted by Gasteiger charge is 2.21. The van der Waals surface area contributed by atoms with Crippen molar-refractivity contribution < 1.29 is 0 Å². The SMILES string of the molecule is CC(CC1CCC1)N[C@@H](C)c1ccccc1Br. The van der Waals surface area contributed by atoms with E-state index in [1.807, 2.05) is 0 Å². The molecule has 17 heavy (non-hydrogen) atoms. The van der Waals surface area contributed by atoms with Crippen LogP contribution in [0.15, 0.2) is 28.7 Å². The molecule has 1 nitrogen and oxygen atoms in total. The fraction of sp³-hybridized carbons (Fsp3) is 0.600. The molecule has 1 aliphatic rings. The maximum atomic E-state index is 3.71. The molecule has 2 atom stereocenters. The standard InChI is InChI=1S/C15H22BrN/c1-11(10-13-6-5-7-13)17-12(2)14-8-3-4-9-15(14)16/h3-4,8-9,11-13,17H,5-7,10H2,1-2H3/t11?,12-/m0/s1. The van der Waals surface area contributed by atoms with Gasteiger partial charge in [0.1, 0.15) is 0 Å². The van der Waals surface area contributed by atoms with Crippen molar-refractivity contribution in [2.75, 3.05) is 0 Å². The summed E-state index contributed by atoms with van der Waals surface area (Å²) < 4.78 is 1.20. The number of halogens is 1. The van der Waals surface area contributed by atoms with Crippen molar-refractivity contribution in [2.45, 2.75) is 51.6 Å². The van der Waals surface area contributed by atoms with Gasteiger partial charge in [-0.2, -0.15) is 0 Å². The topological polar surface area (TPSA) is 12.0 Å². The van der Waals surface area contributed by atoms with Gasteiger partial charge in [-0.1, -0.05) is 53.4 Å². The monoisotopic (exact) mass is 295 g/mol. The number of nitrogens with one attached hydrogen (secondary N) is 1. The normalized spacial score (nSPS) is 19.7. The second kappa shape index (κ2) is 6.01. The molecule has 1 saturated carbocycles. The van der Waals surface area contributed by atoms with E-state index >= 15 is 0 Å². The maximum absolute atomic E-state index is 3.71. The molecule has 94 valence electrons. The van der Waals surface area contributed by atoms with Gasteiger partial charge in [-0.25, -0.2) is 0 Å². The largest absolute Gasteiger partial charge is 0.308 e. The summed E-state index contributed by atoms with van der Waals surface area (Å²) in [6.45, 7) is 4.56. The molecule has 0 aliphatic heterocycles. The Morgan fingerprint density at radius 3 is 2.59 bits per heavy atom. The minimum atomic E-state index is 0.417. The molecule has 0 bridgehead atoms. The third kappa shape index (κ3) is 3.56. The summed E-state index contributed by atoms with van der Waals surface area (Å²) >= 11 is 3.62. The summed E-state index contributed by atoms with van der Waals surface area (Å²) in [7, 11) is 0. The Balaban J connectivity index is 1.87. The van der Waals surface area contributed by atoms with Crippen LogP contribution in [0.25, 0.3) is 0 Å². The quantitative estimate of drug-likeness (QED) is 0.832. The van der Waals surface area contributed by atoms with Crippen molar-refractivity contribution >= 4 is 15.9 Å². The highest BCUT2D eigenvalue weighted by atomic mass is 79.9. The number of hydrogen-bond donors (Lipinski definition) is 1. The van der Waals surface area contributed by atoms with Crippen molar-refractivity contribution in [1.29, 1.82) is 0 Å². The van der Waals surface area contributed by atoms with Crippen LogP contribution in [0.2, 0.25) is 0 Å². The van der Waals surface area contributed by atoms with Gasteiger partial charge in [0, 0.05) is 16.6 Å². The van der Waals surface area contributed by atoms with Crippen molar-refractivity contribution in [3.63, 3.8) is 0 Å². The molecule has 0 heterocycles. The molecular formula is C15H22BrN. The van der Waals surface area contributed by atoms with Gasteiger partial charge >= 0.3 is 0 Å². The lowest BCUT2D eigenvalue weighted by Crippen LogP contribution is -2.32. The first kappa shape index (κ1) is 13.1. The Morgan fingerprint density at radius 2 is 2.00 bits per heavy atom. The van der Waals surface area contributed by atoms with Gasteiger partial charge < -0.3 is 5.32 Å². The zero-order chi connectivity index (χ0) is 12.3. The van der Waals surface area contributed by atoms with Crippen LogP contribution in [-0.2, 0) is 0 Å². The van der Waals surface area contributed by atoms with E-state index in [0.717, 1.165) is 5.92 Å². The van der Waals surface area contributed by atoms with Crippen molar-refractivity contribution in [1.82, 2.24) is 5.32 Å². The molecular weight excluding hydrogens is 274 g/mol. The lowest BCUT2D eigenvalue weighted by molar-refractivity contribution is 0.259. The predicted molar refractivity (Wildman–Crippen MR) is 77.1 cm³/mol.